The van der Waals surface area contributed by atoms with Crippen LogP contribution < -0.4 is 10.2 Å². The van der Waals surface area contributed by atoms with Crippen LogP contribution in [0.3, 0.4) is 0 Å². The van der Waals surface area contributed by atoms with E-state index < -0.39 is 18.1 Å². The predicted octanol–water partition coefficient (Wildman–Crippen LogP) is 3.11. The van der Waals surface area contributed by atoms with E-state index in [-0.39, 0.29) is 36.5 Å². The van der Waals surface area contributed by atoms with Gasteiger partial charge in [0.1, 0.15) is 0 Å². The lowest BCUT2D eigenvalue weighted by molar-refractivity contribution is -0.127. The highest BCUT2D eigenvalue weighted by Gasteiger charge is 2.33. The van der Waals surface area contributed by atoms with Crippen molar-refractivity contribution < 1.29 is 23.9 Å². The van der Waals surface area contributed by atoms with Crippen molar-refractivity contribution in [1.29, 1.82) is 0 Å². The Kier molecular flexibility index (Phi) is 7.02. The number of amides is 4. The number of carbonyl (C=O) groups is 4. The van der Waals surface area contributed by atoms with Crippen LogP contribution in [-0.4, -0.2) is 52.4 Å². The number of rotatable bonds is 7. The molecular weight excluding hydrogens is 444 g/mol. The predicted molar refractivity (Wildman–Crippen MR) is 122 cm³/mol. The van der Waals surface area contributed by atoms with Gasteiger partial charge in [0.25, 0.3) is 5.91 Å². The lowest BCUT2D eigenvalue weighted by Gasteiger charge is -2.33. The summed E-state index contributed by atoms with van der Waals surface area (Å²) in [5.74, 6) is -1.18. The van der Waals surface area contributed by atoms with Gasteiger partial charge in [0.15, 0.2) is 11.2 Å². The molecule has 1 atom stereocenters. The third kappa shape index (κ3) is 5.22. The molecule has 4 amide bonds. The summed E-state index contributed by atoms with van der Waals surface area (Å²) in [6, 6.07) is 6.07. The van der Waals surface area contributed by atoms with Crippen molar-refractivity contribution in [2.24, 2.45) is 0 Å². The summed E-state index contributed by atoms with van der Waals surface area (Å²) < 4.78 is 5.49. The number of thiazole rings is 1. The molecule has 1 unspecified atom stereocenters. The molecule has 2 aliphatic rings. The van der Waals surface area contributed by atoms with Crippen LogP contribution in [0.15, 0.2) is 35.8 Å². The van der Waals surface area contributed by atoms with Crippen molar-refractivity contribution in [3.63, 3.8) is 0 Å². The molecule has 9 nitrogen and oxygen atoms in total. The van der Waals surface area contributed by atoms with Gasteiger partial charge in [-0.3, -0.25) is 19.4 Å². The van der Waals surface area contributed by atoms with Gasteiger partial charge in [-0.25, -0.2) is 14.6 Å². The molecule has 1 N–H and O–H groups in total. The van der Waals surface area contributed by atoms with Crippen LogP contribution in [0, 0.1) is 0 Å². The number of nitrogens with zero attached hydrogens (tertiary/aromatic N) is 3. The number of anilines is 1. The highest BCUT2D eigenvalue weighted by Crippen LogP contribution is 2.29. The molecule has 10 heteroatoms. The number of aromatic nitrogens is 1. The normalized spacial score (nSPS) is 17.5. The maximum absolute atomic E-state index is 13.3. The summed E-state index contributed by atoms with van der Waals surface area (Å²) >= 11 is 1.40. The van der Waals surface area contributed by atoms with E-state index in [9.17, 15) is 19.2 Å². The molecule has 0 radical (unpaired) electrons. The Morgan fingerprint density at radius 2 is 1.94 bits per heavy atom. The number of ether oxygens (including phenoxy) is 1. The summed E-state index contributed by atoms with van der Waals surface area (Å²) in [6.45, 7) is 1.70. The smallest absolute Gasteiger partial charge is 0.338 e. The van der Waals surface area contributed by atoms with Crippen molar-refractivity contribution >= 4 is 40.3 Å². The van der Waals surface area contributed by atoms with Gasteiger partial charge in [0.2, 0.25) is 5.91 Å². The molecule has 1 saturated carbocycles. The minimum absolute atomic E-state index is 0.00593. The molecule has 0 bridgehead atoms. The van der Waals surface area contributed by atoms with E-state index in [1.807, 2.05) is 5.38 Å². The molecule has 174 valence electrons. The zero-order valence-corrected chi connectivity index (χ0v) is 19.2. The van der Waals surface area contributed by atoms with Crippen molar-refractivity contribution in [3.05, 3.63) is 47.0 Å². The number of imide groups is 1. The zero-order valence-electron chi connectivity index (χ0n) is 18.4. The average Bonchev–Trinajstić information content (AvgIpc) is 3.46. The van der Waals surface area contributed by atoms with Gasteiger partial charge in [0.05, 0.1) is 18.7 Å². The second-order valence-corrected chi connectivity index (χ2v) is 9.07. The van der Waals surface area contributed by atoms with E-state index in [1.54, 1.807) is 42.3 Å². The quantitative estimate of drug-likeness (QED) is 0.492. The van der Waals surface area contributed by atoms with Crippen LogP contribution in [0.2, 0.25) is 0 Å². The van der Waals surface area contributed by atoms with E-state index in [1.165, 1.54) is 11.3 Å². The number of hydrogen-bond acceptors (Lipinski definition) is 7. The standard InChI is InChI=1S/C23H26N4O5S/c1-15(20(29)27(23-24-11-12-33-23)18-5-3-2-4-6-18)32-21(30)17-9-7-16(8-10-17)14-26-19(28)13-25-22(26)31/h7-12,15,18H,2-6,13-14H2,1H3,(H,25,31). The number of carbonyl (C=O) groups excluding carboxylic acids is 4. The number of esters is 1. The Morgan fingerprint density at radius 1 is 1.21 bits per heavy atom. The van der Waals surface area contributed by atoms with Gasteiger partial charge in [-0.2, -0.15) is 0 Å². The molecular formula is C23H26N4O5S. The van der Waals surface area contributed by atoms with E-state index >= 15 is 0 Å². The fourth-order valence-corrected chi connectivity index (χ4v) is 4.84. The number of nitrogens with one attached hydrogen (secondary N) is 1. The Labute approximate surface area is 195 Å². The summed E-state index contributed by atoms with van der Waals surface area (Å²) in [4.78, 5) is 56.5. The molecule has 1 aliphatic carbocycles. The first-order valence-electron chi connectivity index (χ1n) is 11.0. The summed E-state index contributed by atoms with van der Waals surface area (Å²) in [5, 5.41) is 4.92. The van der Waals surface area contributed by atoms with Gasteiger partial charge in [-0.05, 0) is 37.5 Å². The highest BCUT2D eigenvalue weighted by molar-refractivity contribution is 7.13. The van der Waals surface area contributed by atoms with Crippen LogP contribution in [0.25, 0.3) is 0 Å². The first-order valence-corrected chi connectivity index (χ1v) is 11.9. The maximum atomic E-state index is 13.3. The molecule has 1 saturated heterocycles. The Hall–Kier alpha value is -3.27. The molecule has 4 rings (SSSR count). The fraction of sp³-hybridized carbons (Fsp3) is 0.435. The van der Waals surface area contributed by atoms with Gasteiger partial charge in [0, 0.05) is 17.6 Å². The minimum atomic E-state index is -0.964. The van der Waals surface area contributed by atoms with Crippen LogP contribution in [0.4, 0.5) is 9.93 Å². The van der Waals surface area contributed by atoms with Crippen LogP contribution in [0.5, 0.6) is 0 Å². The van der Waals surface area contributed by atoms with Gasteiger partial charge in [-0.15, -0.1) is 11.3 Å². The van der Waals surface area contributed by atoms with Crippen LogP contribution in [-0.2, 0) is 20.9 Å². The van der Waals surface area contributed by atoms with Crippen molar-refractivity contribution in [2.45, 2.75) is 57.7 Å². The van der Waals surface area contributed by atoms with Crippen molar-refractivity contribution in [1.82, 2.24) is 15.2 Å². The van der Waals surface area contributed by atoms with Crippen molar-refractivity contribution in [2.75, 3.05) is 11.4 Å². The van der Waals surface area contributed by atoms with Crippen molar-refractivity contribution in [3.8, 4) is 0 Å². The van der Waals surface area contributed by atoms with Gasteiger partial charge in [-0.1, -0.05) is 31.4 Å². The molecule has 33 heavy (non-hydrogen) atoms. The summed E-state index contributed by atoms with van der Waals surface area (Å²) in [7, 11) is 0. The number of benzene rings is 1. The monoisotopic (exact) mass is 470 g/mol. The second kappa shape index (κ2) is 10.1. The second-order valence-electron chi connectivity index (χ2n) is 8.20. The topological polar surface area (TPSA) is 109 Å². The third-order valence-corrected chi connectivity index (χ3v) is 6.67. The molecule has 2 fully saturated rings. The lowest BCUT2D eigenvalue weighted by Crippen LogP contribution is -2.47. The summed E-state index contributed by atoms with van der Waals surface area (Å²) in [6.07, 6.45) is 5.80. The van der Waals surface area contributed by atoms with Crippen LogP contribution >= 0.6 is 11.3 Å². The maximum Gasteiger partial charge on any atom is 0.338 e. The van der Waals surface area contributed by atoms with Gasteiger partial charge >= 0.3 is 12.0 Å². The van der Waals surface area contributed by atoms with E-state index in [4.69, 9.17) is 4.74 Å². The lowest BCUT2D eigenvalue weighted by atomic mass is 9.94. The van der Waals surface area contributed by atoms with Crippen LogP contribution in [0.1, 0.15) is 54.9 Å². The first-order chi connectivity index (χ1) is 15.9. The zero-order chi connectivity index (χ0) is 23.4. The molecule has 2 aromatic rings. The Morgan fingerprint density at radius 3 is 2.55 bits per heavy atom. The number of urea groups is 1. The van der Waals surface area contributed by atoms with Gasteiger partial charge < -0.3 is 10.1 Å². The molecule has 0 spiro atoms. The van der Waals surface area contributed by atoms with E-state index in [0.717, 1.165) is 37.0 Å². The summed E-state index contributed by atoms with van der Waals surface area (Å²) in [5.41, 5.74) is 0.988. The molecule has 1 aromatic heterocycles. The molecule has 2 heterocycles. The Balaban J connectivity index is 1.40. The Bertz CT molecular complexity index is 1000. The average molecular weight is 471 g/mol. The fourth-order valence-electron chi connectivity index (χ4n) is 4.12. The number of hydrogen-bond donors (Lipinski definition) is 1. The minimum Gasteiger partial charge on any atom is -0.449 e. The first kappa shape index (κ1) is 22.9. The third-order valence-electron chi connectivity index (χ3n) is 5.90. The SMILES string of the molecule is CC(OC(=O)c1ccc(CN2C(=O)CNC2=O)cc1)C(=O)N(c1nccs1)C1CCCCC1. The van der Waals surface area contributed by atoms with E-state index in [2.05, 4.69) is 10.3 Å². The highest BCUT2D eigenvalue weighted by atomic mass is 32.1. The molecule has 1 aliphatic heterocycles. The largest absolute Gasteiger partial charge is 0.449 e. The molecule has 1 aromatic carbocycles. The van der Waals surface area contributed by atoms with E-state index in [0.29, 0.717) is 10.7 Å².